The molecule has 4 N–H and O–H groups in total. The Balaban J connectivity index is 1.17. The van der Waals surface area contributed by atoms with E-state index in [9.17, 15) is 5.11 Å². The summed E-state index contributed by atoms with van der Waals surface area (Å²) in [4.78, 5) is 2.96. The van der Waals surface area contributed by atoms with Crippen LogP contribution in [0.4, 0.5) is 17.1 Å². The van der Waals surface area contributed by atoms with Crippen LogP contribution in [-0.2, 0) is 0 Å². The van der Waals surface area contributed by atoms with Crippen LogP contribution in [0.1, 0.15) is 49.3 Å². The molecule has 0 saturated heterocycles. The SMILES string of the molecule is Oc1[nH]cc2c1C(c1ccc(OC3C4CC5CC(C4)CC3C5)cc1)Nc1ccccc1N2. The topological polar surface area (TPSA) is 69.3 Å². The summed E-state index contributed by atoms with van der Waals surface area (Å²) in [6.45, 7) is 0. The number of rotatable bonds is 3. The van der Waals surface area contributed by atoms with Crippen molar-refractivity contribution >= 4 is 17.1 Å². The Kier molecular flexibility index (Phi) is 4.02. The van der Waals surface area contributed by atoms with Crippen LogP contribution < -0.4 is 15.4 Å². The largest absolute Gasteiger partial charge is 0.494 e. The second kappa shape index (κ2) is 6.96. The van der Waals surface area contributed by atoms with Crippen LogP contribution in [-0.4, -0.2) is 16.2 Å². The first kappa shape index (κ1) is 18.5. The molecule has 5 heteroatoms. The minimum absolute atomic E-state index is 0.164. The van der Waals surface area contributed by atoms with Gasteiger partial charge < -0.3 is 25.5 Å². The summed E-state index contributed by atoms with van der Waals surface area (Å²) < 4.78 is 6.60. The maximum absolute atomic E-state index is 10.6. The molecule has 4 aliphatic carbocycles. The van der Waals surface area contributed by atoms with Gasteiger partial charge in [-0.15, -0.1) is 0 Å². The van der Waals surface area contributed by atoms with Crippen molar-refractivity contribution in [3.63, 3.8) is 0 Å². The quantitative estimate of drug-likeness (QED) is 0.403. The second-order valence-corrected chi connectivity index (χ2v) is 10.3. The second-order valence-electron chi connectivity index (χ2n) is 10.3. The number of fused-ring (bicyclic) bond motifs is 2. The Hall–Kier alpha value is -3.08. The summed E-state index contributed by atoms with van der Waals surface area (Å²) >= 11 is 0. The molecule has 8 rings (SSSR count). The molecule has 5 nitrogen and oxygen atoms in total. The van der Waals surface area contributed by atoms with E-state index in [-0.39, 0.29) is 11.9 Å². The lowest BCUT2D eigenvalue weighted by molar-refractivity contribution is -0.0789. The van der Waals surface area contributed by atoms with Gasteiger partial charge in [0.2, 0.25) is 0 Å². The van der Waals surface area contributed by atoms with E-state index in [0.717, 1.165) is 57.6 Å². The van der Waals surface area contributed by atoms with Crippen molar-refractivity contribution in [3.05, 3.63) is 65.9 Å². The Bertz CT molecular complexity index is 1120. The van der Waals surface area contributed by atoms with Gasteiger partial charge in [-0.05, 0) is 85.6 Å². The number of benzene rings is 2. The van der Waals surface area contributed by atoms with Crippen LogP contribution in [0.5, 0.6) is 11.6 Å². The lowest BCUT2D eigenvalue weighted by Gasteiger charge is -2.53. The molecule has 3 aromatic rings. The zero-order valence-corrected chi connectivity index (χ0v) is 18.1. The first-order chi connectivity index (χ1) is 15.7. The van der Waals surface area contributed by atoms with E-state index in [4.69, 9.17) is 4.74 Å². The minimum Gasteiger partial charge on any atom is -0.494 e. The molecule has 5 aliphatic rings. The molecule has 2 aromatic carbocycles. The van der Waals surface area contributed by atoms with Crippen molar-refractivity contribution in [1.29, 1.82) is 0 Å². The number of aromatic hydroxyl groups is 1. The van der Waals surface area contributed by atoms with Crippen LogP contribution in [0.3, 0.4) is 0 Å². The number of para-hydroxylation sites is 2. The highest BCUT2D eigenvalue weighted by Gasteiger charge is 2.49. The number of nitrogens with one attached hydrogen (secondary N) is 3. The summed E-state index contributed by atoms with van der Waals surface area (Å²) in [7, 11) is 0. The van der Waals surface area contributed by atoms with E-state index in [1.54, 1.807) is 0 Å². The van der Waals surface area contributed by atoms with Gasteiger partial charge in [-0.2, -0.15) is 0 Å². The molecule has 4 fully saturated rings. The van der Waals surface area contributed by atoms with Crippen molar-refractivity contribution in [2.75, 3.05) is 10.6 Å². The van der Waals surface area contributed by atoms with E-state index in [0.29, 0.717) is 6.10 Å². The van der Waals surface area contributed by atoms with E-state index in [1.165, 1.54) is 32.1 Å². The van der Waals surface area contributed by atoms with Gasteiger partial charge in [0, 0.05) is 6.20 Å². The van der Waals surface area contributed by atoms with Crippen molar-refractivity contribution in [2.24, 2.45) is 23.7 Å². The Labute approximate surface area is 188 Å². The molecule has 1 aromatic heterocycles. The summed E-state index contributed by atoms with van der Waals surface area (Å²) in [5, 5.41) is 17.6. The lowest BCUT2D eigenvalue weighted by Crippen LogP contribution is -2.50. The van der Waals surface area contributed by atoms with Gasteiger partial charge in [0.15, 0.2) is 5.88 Å². The summed E-state index contributed by atoms with van der Waals surface area (Å²) in [6.07, 6.45) is 9.14. The van der Waals surface area contributed by atoms with Crippen LogP contribution in [0.15, 0.2) is 54.7 Å². The standard InChI is InChI=1S/C27H29N3O2/c31-27-24-23(14-28-27)29-21-3-1-2-4-22(21)30-25(24)17-5-7-20(8-6-17)32-26-18-10-15-9-16(12-18)13-19(26)11-15/h1-8,14-16,18-19,25-26,28-31H,9-13H2. The Morgan fingerprint density at radius 3 is 2.19 bits per heavy atom. The van der Waals surface area contributed by atoms with E-state index >= 15 is 0 Å². The van der Waals surface area contributed by atoms with E-state index < -0.39 is 0 Å². The van der Waals surface area contributed by atoms with Crippen molar-refractivity contribution in [2.45, 2.75) is 44.2 Å². The molecule has 0 spiro atoms. The fourth-order valence-corrected chi connectivity index (χ4v) is 7.12. The van der Waals surface area contributed by atoms with Crippen molar-refractivity contribution in [3.8, 4) is 11.6 Å². The molecule has 32 heavy (non-hydrogen) atoms. The lowest BCUT2D eigenvalue weighted by atomic mass is 9.55. The minimum atomic E-state index is -0.164. The molecule has 164 valence electrons. The van der Waals surface area contributed by atoms with Crippen LogP contribution in [0.2, 0.25) is 0 Å². The first-order valence-corrected chi connectivity index (χ1v) is 12.0. The predicted molar refractivity (Wildman–Crippen MR) is 126 cm³/mol. The number of aromatic nitrogens is 1. The molecule has 2 heterocycles. The smallest absolute Gasteiger partial charge is 0.196 e. The number of hydrogen-bond acceptors (Lipinski definition) is 4. The number of anilines is 3. The molecule has 0 radical (unpaired) electrons. The third-order valence-corrected chi connectivity index (χ3v) is 8.31. The highest BCUT2D eigenvalue weighted by Crippen LogP contribution is 2.54. The molecule has 1 aliphatic heterocycles. The van der Waals surface area contributed by atoms with Gasteiger partial charge in [-0.1, -0.05) is 24.3 Å². The van der Waals surface area contributed by atoms with Crippen LogP contribution >= 0.6 is 0 Å². The zero-order valence-electron chi connectivity index (χ0n) is 18.1. The fourth-order valence-electron chi connectivity index (χ4n) is 7.12. The molecular formula is C27H29N3O2. The van der Waals surface area contributed by atoms with Gasteiger partial charge in [-0.3, -0.25) is 0 Å². The molecule has 1 unspecified atom stereocenters. The molecular weight excluding hydrogens is 398 g/mol. The summed E-state index contributed by atoms with van der Waals surface area (Å²) in [5.74, 6) is 4.57. The molecule has 4 bridgehead atoms. The Morgan fingerprint density at radius 2 is 1.47 bits per heavy atom. The third-order valence-electron chi connectivity index (χ3n) is 8.31. The summed E-state index contributed by atoms with van der Waals surface area (Å²) in [6, 6.07) is 16.4. The predicted octanol–water partition coefficient (Wildman–Crippen LogP) is 6.18. The number of aromatic amines is 1. The Morgan fingerprint density at radius 1 is 0.781 bits per heavy atom. The van der Waals surface area contributed by atoms with E-state index in [2.05, 4.69) is 45.9 Å². The molecule has 4 saturated carbocycles. The van der Waals surface area contributed by atoms with Gasteiger partial charge in [0.05, 0.1) is 28.7 Å². The highest BCUT2D eigenvalue weighted by molar-refractivity contribution is 5.80. The maximum atomic E-state index is 10.6. The van der Waals surface area contributed by atoms with Crippen molar-refractivity contribution in [1.82, 2.24) is 4.98 Å². The fraction of sp³-hybridized carbons (Fsp3) is 0.407. The van der Waals surface area contributed by atoms with Crippen LogP contribution in [0, 0.1) is 23.7 Å². The third kappa shape index (κ3) is 2.90. The number of hydrogen-bond donors (Lipinski definition) is 4. The number of H-pyrrole nitrogens is 1. The first-order valence-electron chi connectivity index (χ1n) is 12.0. The molecule has 1 atom stereocenters. The van der Waals surface area contributed by atoms with Gasteiger partial charge in [-0.25, -0.2) is 0 Å². The average molecular weight is 428 g/mol. The number of ether oxygens (including phenoxy) is 1. The molecule has 0 amide bonds. The normalized spacial score (nSPS) is 31.8. The maximum Gasteiger partial charge on any atom is 0.196 e. The van der Waals surface area contributed by atoms with E-state index in [1.807, 2.05) is 24.4 Å². The van der Waals surface area contributed by atoms with Crippen molar-refractivity contribution < 1.29 is 9.84 Å². The zero-order chi connectivity index (χ0) is 21.2. The summed E-state index contributed by atoms with van der Waals surface area (Å²) in [5.41, 5.74) is 4.82. The van der Waals surface area contributed by atoms with Gasteiger partial charge in [0.25, 0.3) is 0 Å². The van der Waals surface area contributed by atoms with Crippen LogP contribution in [0.25, 0.3) is 0 Å². The highest BCUT2D eigenvalue weighted by atomic mass is 16.5. The average Bonchev–Trinajstić information content (AvgIpc) is 3.06. The van der Waals surface area contributed by atoms with Gasteiger partial charge >= 0.3 is 0 Å². The van der Waals surface area contributed by atoms with Gasteiger partial charge in [0.1, 0.15) is 11.9 Å². The monoisotopic (exact) mass is 427 g/mol.